The van der Waals surface area contributed by atoms with Gasteiger partial charge in [0, 0.05) is 0 Å². The van der Waals surface area contributed by atoms with Gasteiger partial charge in [-0.1, -0.05) is 52.3 Å². The molecule has 4 aliphatic carbocycles. The molecule has 0 amide bonds. The summed E-state index contributed by atoms with van der Waals surface area (Å²) in [5.74, 6) is 2.89. The summed E-state index contributed by atoms with van der Waals surface area (Å²) in [5.41, 5.74) is 0.994. The molecule has 3 N–H and O–H groups in total. The molecule has 0 spiro atoms. The van der Waals surface area contributed by atoms with Gasteiger partial charge in [0.05, 0.1) is 17.8 Å². The van der Waals surface area contributed by atoms with Crippen molar-refractivity contribution in [3.63, 3.8) is 0 Å². The van der Waals surface area contributed by atoms with Crippen LogP contribution >= 0.6 is 0 Å². The summed E-state index contributed by atoms with van der Waals surface area (Å²) in [6, 6.07) is 0. The predicted molar refractivity (Wildman–Crippen MR) is 131 cm³/mol. The van der Waals surface area contributed by atoms with Crippen molar-refractivity contribution in [2.75, 3.05) is 0 Å². The molecule has 0 radical (unpaired) electrons. The van der Waals surface area contributed by atoms with E-state index in [1.807, 2.05) is 0 Å². The van der Waals surface area contributed by atoms with E-state index in [0.29, 0.717) is 29.6 Å². The Balaban J connectivity index is 1.53. The van der Waals surface area contributed by atoms with Crippen molar-refractivity contribution in [1.29, 1.82) is 0 Å². The molecule has 3 saturated carbocycles. The molecule has 3 fully saturated rings. The fraction of sp³-hybridized carbons (Fsp3) is 0.862. The second-order valence-corrected chi connectivity index (χ2v) is 12.9. The Bertz CT molecular complexity index is 743. The second-order valence-electron chi connectivity index (χ2n) is 12.9. The monoisotopic (exact) mass is 444 g/mol. The summed E-state index contributed by atoms with van der Waals surface area (Å²) in [6.45, 7) is 15.4. The Hall–Kier alpha value is -0.640. The normalized spacial score (nSPS) is 46.5. The van der Waals surface area contributed by atoms with Gasteiger partial charge >= 0.3 is 0 Å². The Morgan fingerprint density at radius 1 is 1.09 bits per heavy atom. The Morgan fingerprint density at radius 2 is 1.81 bits per heavy atom. The summed E-state index contributed by atoms with van der Waals surface area (Å²) in [7, 11) is 0. The molecular weight excluding hydrogens is 396 g/mol. The van der Waals surface area contributed by atoms with Crippen LogP contribution < -0.4 is 0 Å². The zero-order valence-electron chi connectivity index (χ0n) is 21.2. The predicted octanol–water partition coefficient (Wildman–Crippen LogP) is 5.89. The topological polar surface area (TPSA) is 60.7 Å². The van der Waals surface area contributed by atoms with E-state index >= 15 is 0 Å². The fourth-order valence-electron chi connectivity index (χ4n) is 8.89. The van der Waals surface area contributed by atoms with Crippen LogP contribution in [0.15, 0.2) is 24.3 Å². The molecule has 182 valence electrons. The first kappa shape index (κ1) is 24.5. The molecule has 4 aliphatic rings. The Morgan fingerprint density at radius 3 is 2.47 bits per heavy atom. The van der Waals surface area contributed by atoms with Gasteiger partial charge in [0.15, 0.2) is 0 Å². The lowest BCUT2D eigenvalue weighted by Crippen LogP contribution is -2.55. The molecule has 0 heterocycles. The standard InChI is InChI=1S/C29H48O3/c1-7-29(32,18(2)3)15-10-19(4)22-8-9-23-26-24(12-14-28(22,23)6)27(5)13-11-21(30)16-20(27)17-25(26)31/h7,17-19,21-26,30-32H,1,8-16H2,2-6H3/t19-,21+,22-,23+,24+,25-,26+,27+,28-,29+/m1/s1. The highest BCUT2D eigenvalue weighted by molar-refractivity contribution is 5.28. The minimum atomic E-state index is -0.772. The highest BCUT2D eigenvalue weighted by Gasteiger charge is 2.61. The van der Waals surface area contributed by atoms with E-state index in [4.69, 9.17) is 0 Å². The summed E-state index contributed by atoms with van der Waals surface area (Å²) < 4.78 is 0. The van der Waals surface area contributed by atoms with Crippen molar-refractivity contribution in [3.05, 3.63) is 24.3 Å². The lowest BCUT2D eigenvalue weighted by Gasteiger charge is -2.59. The molecule has 10 atom stereocenters. The zero-order valence-corrected chi connectivity index (χ0v) is 21.2. The smallest absolute Gasteiger partial charge is 0.0847 e. The third kappa shape index (κ3) is 3.75. The minimum absolute atomic E-state index is 0.159. The van der Waals surface area contributed by atoms with Crippen molar-refractivity contribution in [2.24, 2.45) is 46.3 Å². The summed E-state index contributed by atoms with van der Waals surface area (Å²) >= 11 is 0. The van der Waals surface area contributed by atoms with Gasteiger partial charge in [0.25, 0.3) is 0 Å². The molecule has 0 aromatic heterocycles. The number of hydrogen-bond acceptors (Lipinski definition) is 3. The molecule has 32 heavy (non-hydrogen) atoms. The van der Waals surface area contributed by atoms with E-state index < -0.39 is 5.60 Å². The fourth-order valence-corrected chi connectivity index (χ4v) is 8.89. The van der Waals surface area contributed by atoms with Crippen LogP contribution in [-0.4, -0.2) is 33.1 Å². The van der Waals surface area contributed by atoms with E-state index in [9.17, 15) is 15.3 Å². The van der Waals surface area contributed by atoms with E-state index in [-0.39, 0.29) is 29.0 Å². The third-order valence-electron chi connectivity index (χ3n) is 11.2. The number of fused-ring (bicyclic) bond motifs is 5. The molecule has 0 aromatic carbocycles. The van der Waals surface area contributed by atoms with E-state index in [2.05, 4.69) is 47.3 Å². The summed E-state index contributed by atoms with van der Waals surface area (Å²) in [4.78, 5) is 0. The van der Waals surface area contributed by atoms with Crippen LogP contribution in [0.2, 0.25) is 0 Å². The first-order valence-corrected chi connectivity index (χ1v) is 13.4. The molecule has 0 bridgehead atoms. The van der Waals surface area contributed by atoms with Crippen LogP contribution in [0, 0.1) is 46.3 Å². The molecular formula is C29H48O3. The van der Waals surface area contributed by atoms with E-state index in [0.717, 1.165) is 32.1 Å². The van der Waals surface area contributed by atoms with Crippen molar-refractivity contribution < 1.29 is 15.3 Å². The average molecular weight is 445 g/mol. The van der Waals surface area contributed by atoms with E-state index in [1.54, 1.807) is 6.08 Å². The highest BCUT2D eigenvalue weighted by Crippen LogP contribution is 2.67. The molecule has 3 heteroatoms. The van der Waals surface area contributed by atoms with Crippen molar-refractivity contribution >= 4 is 0 Å². The largest absolute Gasteiger partial charge is 0.393 e. The lowest BCUT2D eigenvalue weighted by atomic mass is 9.46. The SMILES string of the molecule is C=C[C@](O)(CC[C@@H](C)[C@H]1CC[C@H]2[C@@H]3[C@H](O)C=C4C[C@@H](O)CC[C@]4(C)[C@H]3CC[C@]12C)C(C)C. The Labute approximate surface area is 196 Å². The maximum Gasteiger partial charge on any atom is 0.0847 e. The maximum atomic E-state index is 11.3. The first-order valence-electron chi connectivity index (χ1n) is 13.4. The van der Waals surface area contributed by atoms with Gasteiger partial charge in [0.1, 0.15) is 0 Å². The zero-order chi connectivity index (χ0) is 23.5. The van der Waals surface area contributed by atoms with Crippen molar-refractivity contribution in [3.8, 4) is 0 Å². The van der Waals surface area contributed by atoms with Crippen LogP contribution in [0.25, 0.3) is 0 Å². The number of rotatable bonds is 6. The third-order valence-corrected chi connectivity index (χ3v) is 11.2. The summed E-state index contributed by atoms with van der Waals surface area (Å²) in [5, 5.41) is 32.5. The van der Waals surface area contributed by atoms with Crippen molar-refractivity contribution in [2.45, 2.75) is 110 Å². The van der Waals surface area contributed by atoms with E-state index in [1.165, 1.54) is 31.3 Å². The molecule has 3 nitrogen and oxygen atoms in total. The van der Waals surface area contributed by atoms with Gasteiger partial charge in [0.2, 0.25) is 0 Å². The van der Waals surface area contributed by atoms with Crippen LogP contribution in [-0.2, 0) is 0 Å². The Kier molecular flexibility index (Phi) is 6.53. The van der Waals surface area contributed by atoms with Crippen molar-refractivity contribution in [1.82, 2.24) is 0 Å². The minimum Gasteiger partial charge on any atom is -0.393 e. The van der Waals surface area contributed by atoms with Gasteiger partial charge in [-0.05, 0) is 104 Å². The quantitative estimate of drug-likeness (QED) is 0.448. The molecule has 0 unspecified atom stereocenters. The molecule has 4 rings (SSSR count). The van der Waals surface area contributed by atoms with Crippen LogP contribution in [0.4, 0.5) is 0 Å². The van der Waals surface area contributed by atoms with Gasteiger partial charge in [-0.25, -0.2) is 0 Å². The lowest BCUT2D eigenvalue weighted by molar-refractivity contribution is -0.0977. The molecule has 0 saturated heterocycles. The van der Waals surface area contributed by atoms with Crippen LogP contribution in [0.3, 0.4) is 0 Å². The van der Waals surface area contributed by atoms with Crippen LogP contribution in [0.1, 0.15) is 92.4 Å². The summed E-state index contributed by atoms with van der Waals surface area (Å²) in [6.07, 6.45) is 12.8. The first-order chi connectivity index (χ1) is 15.0. The molecule has 0 aliphatic heterocycles. The number of hydrogen-bond donors (Lipinski definition) is 3. The maximum absolute atomic E-state index is 11.3. The number of aliphatic hydroxyl groups is 3. The average Bonchev–Trinajstić information content (AvgIpc) is 3.10. The molecule has 0 aromatic rings. The van der Waals surface area contributed by atoms with Gasteiger partial charge in [-0.15, -0.1) is 6.58 Å². The van der Waals surface area contributed by atoms with Gasteiger partial charge < -0.3 is 15.3 Å². The number of aliphatic hydroxyl groups excluding tert-OH is 2. The second kappa shape index (κ2) is 8.54. The highest BCUT2D eigenvalue weighted by atomic mass is 16.3. The van der Waals surface area contributed by atoms with Gasteiger partial charge in [-0.2, -0.15) is 0 Å². The van der Waals surface area contributed by atoms with Gasteiger partial charge in [-0.3, -0.25) is 0 Å². The van der Waals surface area contributed by atoms with Crippen LogP contribution in [0.5, 0.6) is 0 Å².